The lowest BCUT2D eigenvalue weighted by Gasteiger charge is -2.25. The van der Waals surface area contributed by atoms with Crippen molar-refractivity contribution in [2.45, 2.75) is 52.0 Å². The van der Waals surface area contributed by atoms with E-state index in [2.05, 4.69) is 17.2 Å². The van der Waals surface area contributed by atoms with Crippen molar-refractivity contribution in [1.82, 2.24) is 15.0 Å². The maximum Gasteiger partial charge on any atom is 0.271 e. The van der Waals surface area contributed by atoms with E-state index in [1.807, 2.05) is 4.68 Å². The van der Waals surface area contributed by atoms with Crippen LogP contribution in [0.1, 0.15) is 55.2 Å². The Morgan fingerprint density at radius 1 is 1.53 bits per heavy atom. The summed E-state index contributed by atoms with van der Waals surface area (Å²) in [6.45, 7) is 2.94. The molecule has 0 radical (unpaired) electrons. The first-order chi connectivity index (χ1) is 8.22. The van der Waals surface area contributed by atoms with Crippen molar-refractivity contribution in [2.24, 2.45) is 11.7 Å². The topological polar surface area (TPSA) is 73.8 Å². The molecule has 17 heavy (non-hydrogen) atoms. The van der Waals surface area contributed by atoms with Gasteiger partial charge in [0, 0.05) is 6.54 Å². The van der Waals surface area contributed by atoms with Crippen molar-refractivity contribution in [1.29, 1.82) is 0 Å². The summed E-state index contributed by atoms with van der Waals surface area (Å²) >= 11 is 0. The molecule has 1 saturated carbocycles. The Morgan fingerprint density at radius 2 is 2.29 bits per heavy atom. The summed E-state index contributed by atoms with van der Waals surface area (Å²) in [4.78, 5) is 11.2. The van der Waals surface area contributed by atoms with Crippen LogP contribution in [0.25, 0.3) is 0 Å². The molecule has 1 heterocycles. The molecule has 1 amide bonds. The molecule has 0 unspecified atom stereocenters. The van der Waals surface area contributed by atoms with Gasteiger partial charge in [0.1, 0.15) is 0 Å². The van der Waals surface area contributed by atoms with E-state index in [1.54, 1.807) is 0 Å². The van der Waals surface area contributed by atoms with Crippen molar-refractivity contribution in [2.75, 3.05) is 0 Å². The van der Waals surface area contributed by atoms with Gasteiger partial charge in [0.15, 0.2) is 5.69 Å². The number of aryl methyl sites for hydroxylation is 1. The molecule has 0 bridgehead atoms. The number of primary amides is 1. The summed E-state index contributed by atoms with van der Waals surface area (Å²) in [5.74, 6) is 0.369. The molecule has 1 aromatic rings. The monoisotopic (exact) mass is 236 g/mol. The lowest BCUT2D eigenvalue weighted by molar-refractivity contribution is 0.0994. The van der Waals surface area contributed by atoms with Crippen molar-refractivity contribution in [3.05, 3.63) is 11.4 Å². The Bertz CT molecular complexity index is 395. The zero-order chi connectivity index (χ0) is 12.3. The molecule has 0 aromatic carbocycles. The molecule has 2 N–H and O–H groups in total. The molecule has 1 aliphatic carbocycles. The van der Waals surface area contributed by atoms with Gasteiger partial charge in [-0.3, -0.25) is 4.79 Å². The van der Waals surface area contributed by atoms with Crippen molar-refractivity contribution >= 4 is 5.91 Å². The summed E-state index contributed by atoms with van der Waals surface area (Å²) in [5.41, 5.74) is 6.55. The molecule has 0 saturated heterocycles. The maximum atomic E-state index is 11.2. The van der Waals surface area contributed by atoms with E-state index in [0.29, 0.717) is 5.69 Å². The van der Waals surface area contributed by atoms with Crippen LogP contribution in [-0.4, -0.2) is 20.9 Å². The van der Waals surface area contributed by atoms with E-state index in [4.69, 9.17) is 5.73 Å². The highest BCUT2D eigenvalue weighted by molar-refractivity contribution is 5.91. The van der Waals surface area contributed by atoms with Crippen molar-refractivity contribution < 1.29 is 4.79 Å². The number of aromatic nitrogens is 3. The van der Waals surface area contributed by atoms with Crippen LogP contribution < -0.4 is 5.73 Å². The largest absolute Gasteiger partial charge is 0.364 e. The molecule has 0 aliphatic heterocycles. The van der Waals surface area contributed by atoms with Crippen LogP contribution in [0.15, 0.2) is 0 Å². The van der Waals surface area contributed by atoms with E-state index in [1.165, 1.54) is 19.3 Å². The molecular formula is C12H20N4O. The molecule has 1 aromatic heterocycles. The average molecular weight is 236 g/mol. The lowest BCUT2D eigenvalue weighted by atomic mass is 9.83. The smallest absolute Gasteiger partial charge is 0.271 e. The molecule has 0 atom stereocenters. The second-order valence-corrected chi connectivity index (χ2v) is 4.81. The average Bonchev–Trinajstić information content (AvgIpc) is 2.60. The van der Waals surface area contributed by atoms with E-state index in [9.17, 15) is 4.79 Å². The van der Waals surface area contributed by atoms with Crippen molar-refractivity contribution in [3.8, 4) is 0 Å². The van der Waals surface area contributed by atoms with Crippen LogP contribution in [-0.2, 0) is 13.0 Å². The third-order valence-corrected chi connectivity index (χ3v) is 3.53. The Morgan fingerprint density at radius 3 is 2.82 bits per heavy atom. The normalized spacial score (nSPS) is 15.8. The summed E-state index contributed by atoms with van der Waals surface area (Å²) in [6, 6.07) is 0. The SMILES string of the molecule is CCCc1c(C(N)=O)nnn1CCC1CCC1. The number of carbonyl (C=O) groups is 1. The molecule has 5 nitrogen and oxygen atoms in total. The standard InChI is InChI=1S/C12H20N4O/c1-2-4-10-11(12(13)17)14-15-16(10)8-7-9-5-3-6-9/h9H,2-8H2,1H3,(H2,13,17). The van der Waals surface area contributed by atoms with Gasteiger partial charge < -0.3 is 5.73 Å². The predicted molar refractivity (Wildman–Crippen MR) is 64.5 cm³/mol. The van der Waals surface area contributed by atoms with Gasteiger partial charge in [-0.15, -0.1) is 5.10 Å². The first kappa shape index (κ1) is 12.1. The maximum absolute atomic E-state index is 11.2. The van der Waals surface area contributed by atoms with E-state index in [-0.39, 0.29) is 0 Å². The second-order valence-electron chi connectivity index (χ2n) is 4.81. The van der Waals surface area contributed by atoms with Crippen LogP contribution >= 0.6 is 0 Å². The van der Waals surface area contributed by atoms with Gasteiger partial charge in [-0.1, -0.05) is 37.8 Å². The number of hydrogen-bond acceptors (Lipinski definition) is 3. The highest BCUT2D eigenvalue weighted by Crippen LogP contribution is 2.29. The number of amides is 1. The fourth-order valence-electron chi connectivity index (χ4n) is 2.27. The number of rotatable bonds is 6. The highest BCUT2D eigenvalue weighted by Gasteiger charge is 2.20. The van der Waals surface area contributed by atoms with Crippen LogP contribution in [0.4, 0.5) is 0 Å². The van der Waals surface area contributed by atoms with Gasteiger partial charge in [0.05, 0.1) is 5.69 Å². The van der Waals surface area contributed by atoms with E-state index in [0.717, 1.165) is 37.4 Å². The minimum absolute atomic E-state index is 0.348. The molecule has 5 heteroatoms. The van der Waals surface area contributed by atoms with Crippen LogP contribution in [0.3, 0.4) is 0 Å². The van der Waals surface area contributed by atoms with Crippen molar-refractivity contribution in [3.63, 3.8) is 0 Å². The van der Waals surface area contributed by atoms with Gasteiger partial charge in [0.2, 0.25) is 0 Å². The molecule has 94 valence electrons. The van der Waals surface area contributed by atoms with Gasteiger partial charge >= 0.3 is 0 Å². The summed E-state index contributed by atoms with van der Waals surface area (Å²) in [5, 5.41) is 7.95. The van der Waals surface area contributed by atoms with Crippen LogP contribution in [0.2, 0.25) is 0 Å². The minimum Gasteiger partial charge on any atom is -0.364 e. The second kappa shape index (κ2) is 5.29. The summed E-state index contributed by atoms with van der Waals surface area (Å²) in [7, 11) is 0. The highest BCUT2D eigenvalue weighted by atomic mass is 16.1. The first-order valence-electron chi connectivity index (χ1n) is 6.44. The third kappa shape index (κ3) is 2.65. The fraction of sp³-hybridized carbons (Fsp3) is 0.750. The van der Waals surface area contributed by atoms with Gasteiger partial charge in [-0.2, -0.15) is 0 Å². The molecule has 1 fully saturated rings. The molecule has 0 spiro atoms. The van der Waals surface area contributed by atoms with Crippen LogP contribution in [0, 0.1) is 5.92 Å². The molecule has 2 rings (SSSR count). The number of carbonyl (C=O) groups excluding carboxylic acids is 1. The zero-order valence-corrected chi connectivity index (χ0v) is 10.4. The predicted octanol–water partition coefficient (Wildman–Crippen LogP) is 1.52. The lowest BCUT2D eigenvalue weighted by Crippen LogP contribution is -2.17. The van der Waals surface area contributed by atoms with E-state index < -0.39 is 5.91 Å². The Hall–Kier alpha value is -1.39. The van der Waals surface area contributed by atoms with Crippen LogP contribution in [0.5, 0.6) is 0 Å². The first-order valence-corrected chi connectivity index (χ1v) is 6.44. The van der Waals surface area contributed by atoms with Gasteiger partial charge in [-0.25, -0.2) is 4.68 Å². The quantitative estimate of drug-likeness (QED) is 0.813. The number of nitrogens with two attached hydrogens (primary N) is 1. The Labute approximate surface area is 101 Å². The van der Waals surface area contributed by atoms with Gasteiger partial charge in [-0.05, 0) is 18.8 Å². The Kier molecular flexibility index (Phi) is 3.76. The number of nitrogens with zero attached hydrogens (tertiary/aromatic N) is 3. The zero-order valence-electron chi connectivity index (χ0n) is 10.4. The third-order valence-electron chi connectivity index (χ3n) is 3.53. The molecule has 1 aliphatic rings. The summed E-state index contributed by atoms with van der Waals surface area (Å²) in [6.07, 6.45) is 6.95. The fourth-order valence-corrected chi connectivity index (χ4v) is 2.27. The van der Waals surface area contributed by atoms with E-state index >= 15 is 0 Å². The van der Waals surface area contributed by atoms with Gasteiger partial charge in [0.25, 0.3) is 5.91 Å². The molecular weight excluding hydrogens is 216 g/mol. The minimum atomic E-state index is -0.469. The summed E-state index contributed by atoms with van der Waals surface area (Å²) < 4.78 is 1.86. The Balaban J connectivity index is 2.05. The number of hydrogen-bond donors (Lipinski definition) is 1.